The lowest BCUT2D eigenvalue weighted by Crippen LogP contribution is -2.31. The molecule has 0 aliphatic rings. The Hall–Kier alpha value is -0.380. The number of ether oxygens (including phenoxy) is 1. The SMILES string of the molecule is COC(=O)NC[C@H](S)C(C)C. The fourth-order valence-electron chi connectivity index (χ4n) is 0.496. The minimum Gasteiger partial charge on any atom is -0.453 e. The molecule has 0 aliphatic carbocycles. The number of nitrogens with one attached hydrogen (secondary N) is 1. The number of amides is 1. The van der Waals surface area contributed by atoms with Gasteiger partial charge in [-0.25, -0.2) is 4.79 Å². The van der Waals surface area contributed by atoms with Gasteiger partial charge < -0.3 is 10.1 Å². The van der Waals surface area contributed by atoms with Gasteiger partial charge in [-0.3, -0.25) is 0 Å². The molecular formula is C7H15NO2S. The van der Waals surface area contributed by atoms with E-state index in [9.17, 15) is 4.79 Å². The quantitative estimate of drug-likeness (QED) is 0.638. The van der Waals surface area contributed by atoms with Crippen LogP contribution in [0, 0.1) is 5.92 Å². The lowest BCUT2D eigenvalue weighted by atomic mass is 10.1. The van der Waals surface area contributed by atoms with Gasteiger partial charge in [-0.05, 0) is 5.92 Å². The minimum atomic E-state index is -0.398. The van der Waals surface area contributed by atoms with Gasteiger partial charge in [-0.15, -0.1) is 0 Å². The topological polar surface area (TPSA) is 38.3 Å². The Balaban J connectivity index is 3.45. The van der Waals surface area contributed by atoms with E-state index in [4.69, 9.17) is 0 Å². The van der Waals surface area contributed by atoms with Crippen molar-refractivity contribution in [2.45, 2.75) is 19.1 Å². The molecule has 0 spiro atoms. The van der Waals surface area contributed by atoms with Crippen LogP contribution in [0.4, 0.5) is 4.79 Å². The third-order valence-corrected chi connectivity index (χ3v) is 2.19. The van der Waals surface area contributed by atoms with Gasteiger partial charge in [0.1, 0.15) is 0 Å². The van der Waals surface area contributed by atoms with E-state index >= 15 is 0 Å². The summed E-state index contributed by atoms with van der Waals surface area (Å²) in [6.07, 6.45) is -0.398. The van der Waals surface area contributed by atoms with Gasteiger partial charge in [0.25, 0.3) is 0 Å². The van der Waals surface area contributed by atoms with Crippen LogP contribution in [-0.4, -0.2) is 25.0 Å². The molecule has 0 saturated carbocycles. The Morgan fingerprint density at radius 1 is 1.64 bits per heavy atom. The van der Waals surface area contributed by atoms with Crippen LogP contribution < -0.4 is 5.32 Å². The largest absolute Gasteiger partial charge is 0.453 e. The second kappa shape index (κ2) is 5.29. The molecule has 0 heterocycles. The molecular weight excluding hydrogens is 162 g/mol. The van der Waals surface area contributed by atoms with Gasteiger partial charge in [0.15, 0.2) is 0 Å². The van der Waals surface area contributed by atoms with Crippen LogP contribution in [0.25, 0.3) is 0 Å². The average Bonchev–Trinajstić information content (AvgIpc) is 1.99. The smallest absolute Gasteiger partial charge is 0.406 e. The van der Waals surface area contributed by atoms with Crippen molar-refractivity contribution in [2.24, 2.45) is 5.92 Å². The molecule has 4 heteroatoms. The number of hydrogen-bond donors (Lipinski definition) is 2. The fraction of sp³-hybridized carbons (Fsp3) is 0.857. The summed E-state index contributed by atoms with van der Waals surface area (Å²) in [5.41, 5.74) is 0. The van der Waals surface area contributed by atoms with Crippen molar-refractivity contribution in [1.82, 2.24) is 5.32 Å². The Labute approximate surface area is 72.9 Å². The standard InChI is InChI=1S/C7H15NO2S/c1-5(2)6(11)4-8-7(9)10-3/h5-6,11H,4H2,1-3H3,(H,8,9)/t6-/m0/s1. The van der Waals surface area contributed by atoms with E-state index < -0.39 is 6.09 Å². The number of methoxy groups -OCH3 is 1. The third-order valence-electron chi connectivity index (χ3n) is 1.41. The summed E-state index contributed by atoms with van der Waals surface area (Å²) >= 11 is 4.27. The van der Waals surface area contributed by atoms with Crippen LogP contribution in [0.3, 0.4) is 0 Å². The summed E-state index contributed by atoms with van der Waals surface area (Å²) in [6, 6.07) is 0. The zero-order valence-electron chi connectivity index (χ0n) is 7.13. The van der Waals surface area contributed by atoms with Gasteiger partial charge in [0.05, 0.1) is 7.11 Å². The van der Waals surface area contributed by atoms with Crippen LogP contribution in [0.2, 0.25) is 0 Å². The van der Waals surface area contributed by atoms with Gasteiger partial charge >= 0.3 is 6.09 Å². The molecule has 3 nitrogen and oxygen atoms in total. The number of hydrogen-bond acceptors (Lipinski definition) is 3. The maximum absolute atomic E-state index is 10.6. The maximum Gasteiger partial charge on any atom is 0.406 e. The molecule has 0 aromatic rings. The van der Waals surface area contributed by atoms with E-state index in [2.05, 4.69) is 36.5 Å². The lowest BCUT2D eigenvalue weighted by molar-refractivity contribution is 0.170. The van der Waals surface area contributed by atoms with Crippen LogP contribution >= 0.6 is 12.6 Å². The Kier molecular flexibility index (Phi) is 5.11. The summed E-state index contributed by atoms with van der Waals surface area (Å²) in [6.45, 7) is 4.65. The van der Waals surface area contributed by atoms with Gasteiger partial charge in [0, 0.05) is 11.8 Å². The molecule has 1 atom stereocenters. The monoisotopic (exact) mass is 177 g/mol. The van der Waals surface area contributed by atoms with E-state index in [1.807, 2.05) is 0 Å². The Bertz CT molecular complexity index is 128. The summed E-state index contributed by atoms with van der Waals surface area (Å²) in [4.78, 5) is 10.6. The first-order chi connectivity index (χ1) is 5.07. The van der Waals surface area contributed by atoms with E-state index in [0.717, 1.165) is 0 Å². The van der Waals surface area contributed by atoms with Gasteiger partial charge in [0.2, 0.25) is 0 Å². The molecule has 0 unspecified atom stereocenters. The third kappa shape index (κ3) is 4.95. The summed E-state index contributed by atoms with van der Waals surface area (Å²) < 4.78 is 4.40. The summed E-state index contributed by atoms with van der Waals surface area (Å²) in [5, 5.41) is 2.76. The molecule has 66 valence electrons. The van der Waals surface area contributed by atoms with Gasteiger partial charge in [-0.1, -0.05) is 13.8 Å². The Morgan fingerprint density at radius 3 is 2.55 bits per heavy atom. The average molecular weight is 177 g/mol. The molecule has 0 radical (unpaired) electrons. The van der Waals surface area contributed by atoms with E-state index in [1.165, 1.54) is 7.11 Å². The van der Waals surface area contributed by atoms with Gasteiger partial charge in [-0.2, -0.15) is 12.6 Å². The molecule has 1 amide bonds. The predicted molar refractivity (Wildman–Crippen MR) is 48.0 cm³/mol. The highest BCUT2D eigenvalue weighted by atomic mass is 32.1. The first kappa shape index (κ1) is 10.6. The van der Waals surface area contributed by atoms with Crippen molar-refractivity contribution < 1.29 is 9.53 Å². The fourth-order valence-corrected chi connectivity index (χ4v) is 0.587. The number of thiol groups is 1. The molecule has 1 N–H and O–H groups in total. The molecule has 11 heavy (non-hydrogen) atoms. The molecule has 0 aromatic carbocycles. The van der Waals surface area contributed by atoms with E-state index in [-0.39, 0.29) is 5.25 Å². The van der Waals surface area contributed by atoms with Crippen molar-refractivity contribution in [2.75, 3.05) is 13.7 Å². The molecule has 0 saturated heterocycles. The highest BCUT2D eigenvalue weighted by Gasteiger charge is 2.08. The van der Waals surface area contributed by atoms with Crippen LogP contribution in [0.15, 0.2) is 0 Å². The van der Waals surface area contributed by atoms with Crippen molar-refractivity contribution in [3.63, 3.8) is 0 Å². The number of rotatable bonds is 3. The van der Waals surface area contributed by atoms with Crippen LogP contribution in [0.1, 0.15) is 13.8 Å². The predicted octanol–water partition coefficient (Wildman–Crippen LogP) is 1.30. The second-order valence-corrected chi connectivity index (χ2v) is 3.35. The lowest BCUT2D eigenvalue weighted by Gasteiger charge is -2.14. The number of carbonyl (C=O) groups excluding carboxylic acids is 1. The second-order valence-electron chi connectivity index (χ2n) is 2.68. The molecule has 0 aliphatic heterocycles. The Morgan fingerprint density at radius 2 is 2.18 bits per heavy atom. The molecule has 0 bridgehead atoms. The van der Waals surface area contributed by atoms with Crippen molar-refractivity contribution >= 4 is 18.7 Å². The maximum atomic E-state index is 10.6. The molecule has 0 rings (SSSR count). The first-order valence-corrected chi connectivity index (χ1v) is 4.09. The summed E-state index contributed by atoms with van der Waals surface area (Å²) in [5.74, 6) is 0.454. The minimum absolute atomic E-state index is 0.189. The number of carbonyl (C=O) groups is 1. The number of alkyl carbamates (subject to hydrolysis) is 1. The molecule has 0 aromatic heterocycles. The first-order valence-electron chi connectivity index (χ1n) is 3.57. The highest BCUT2D eigenvalue weighted by molar-refractivity contribution is 7.81. The van der Waals surface area contributed by atoms with Crippen LogP contribution in [-0.2, 0) is 4.74 Å². The van der Waals surface area contributed by atoms with Crippen LogP contribution in [0.5, 0.6) is 0 Å². The van der Waals surface area contributed by atoms with E-state index in [1.54, 1.807) is 0 Å². The van der Waals surface area contributed by atoms with Crippen molar-refractivity contribution in [3.05, 3.63) is 0 Å². The summed E-state index contributed by atoms with van der Waals surface area (Å²) in [7, 11) is 1.35. The van der Waals surface area contributed by atoms with E-state index in [0.29, 0.717) is 12.5 Å². The van der Waals surface area contributed by atoms with Crippen molar-refractivity contribution in [1.29, 1.82) is 0 Å². The highest BCUT2D eigenvalue weighted by Crippen LogP contribution is 2.06. The van der Waals surface area contributed by atoms with Crippen molar-refractivity contribution in [3.8, 4) is 0 Å². The molecule has 0 fully saturated rings. The zero-order chi connectivity index (χ0) is 8.85. The zero-order valence-corrected chi connectivity index (χ0v) is 8.02. The normalized spacial score (nSPS) is 12.8.